The van der Waals surface area contributed by atoms with Gasteiger partial charge in [-0.3, -0.25) is 9.98 Å². The van der Waals surface area contributed by atoms with Crippen LogP contribution in [-0.2, 0) is 0 Å². The Morgan fingerprint density at radius 1 is 1.73 bits per heavy atom. The predicted octanol–water partition coefficient (Wildman–Crippen LogP) is 0.881. The van der Waals surface area contributed by atoms with Crippen molar-refractivity contribution in [2.45, 2.75) is 13.0 Å². The molecule has 0 aromatic carbocycles. The second kappa shape index (κ2) is 2.62. The Kier molecular flexibility index (Phi) is 1.62. The minimum atomic E-state index is 0.479. The summed E-state index contributed by atoms with van der Waals surface area (Å²) in [5, 5.41) is 3.28. The van der Waals surface area contributed by atoms with Gasteiger partial charge in [0, 0.05) is 12.2 Å². The lowest BCUT2D eigenvalue weighted by molar-refractivity contribution is 0.726. The molecule has 1 aromatic rings. The molecule has 1 aliphatic heterocycles. The number of hydrogen-bond acceptors (Lipinski definition) is 4. The molecule has 58 valence electrons. The van der Waals surface area contributed by atoms with Crippen LogP contribution in [0, 0.1) is 0 Å². The van der Waals surface area contributed by atoms with Crippen LogP contribution in [-0.4, -0.2) is 23.4 Å². The molecule has 0 saturated carbocycles. The first-order valence-corrected chi connectivity index (χ1v) is 4.44. The summed E-state index contributed by atoms with van der Waals surface area (Å²) in [4.78, 5) is 9.46. The van der Waals surface area contributed by atoms with Gasteiger partial charge in [-0.05, 0) is 6.92 Å². The highest BCUT2D eigenvalue weighted by molar-refractivity contribution is 7.11. The summed E-state index contributed by atoms with van der Waals surface area (Å²) in [6.45, 7) is 3.00. The highest BCUT2D eigenvalue weighted by atomic mass is 32.1. The second-order valence-corrected chi connectivity index (χ2v) is 3.49. The zero-order chi connectivity index (χ0) is 7.68. The molecule has 0 amide bonds. The van der Waals surface area contributed by atoms with Crippen LogP contribution in [0.15, 0.2) is 16.7 Å². The lowest BCUT2D eigenvalue weighted by Crippen LogP contribution is -2.27. The fraction of sp³-hybridized carbons (Fsp3) is 0.429. The minimum Gasteiger partial charge on any atom is -0.365 e. The van der Waals surface area contributed by atoms with Crippen molar-refractivity contribution in [3.05, 3.63) is 16.6 Å². The molecule has 1 N–H and O–H groups in total. The summed E-state index contributed by atoms with van der Waals surface area (Å²) < 4.78 is 0. The van der Waals surface area contributed by atoms with E-state index in [9.17, 15) is 0 Å². The summed E-state index contributed by atoms with van der Waals surface area (Å²) in [7, 11) is 0. The molecule has 2 rings (SSSR count). The molecule has 0 spiro atoms. The van der Waals surface area contributed by atoms with Crippen LogP contribution < -0.4 is 5.32 Å². The van der Waals surface area contributed by atoms with Crippen LogP contribution in [0.5, 0.6) is 0 Å². The Bertz CT molecular complexity index is 265. The van der Waals surface area contributed by atoms with E-state index in [2.05, 4.69) is 22.2 Å². The number of nitrogens with one attached hydrogen (secondary N) is 1. The van der Waals surface area contributed by atoms with E-state index in [1.54, 1.807) is 11.3 Å². The maximum atomic E-state index is 4.34. The van der Waals surface area contributed by atoms with E-state index in [0.717, 1.165) is 17.3 Å². The normalized spacial score (nSPS) is 23.0. The predicted molar refractivity (Wildman–Crippen MR) is 46.1 cm³/mol. The van der Waals surface area contributed by atoms with Crippen molar-refractivity contribution in [2.24, 2.45) is 4.99 Å². The highest BCUT2D eigenvalue weighted by Crippen LogP contribution is 2.09. The van der Waals surface area contributed by atoms with E-state index in [1.165, 1.54) is 0 Å². The first kappa shape index (κ1) is 6.79. The molecule has 0 bridgehead atoms. The van der Waals surface area contributed by atoms with Gasteiger partial charge in [-0.1, -0.05) is 0 Å². The third-order valence-corrected chi connectivity index (χ3v) is 2.35. The largest absolute Gasteiger partial charge is 0.365 e. The van der Waals surface area contributed by atoms with E-state index >= 15 is 0 Å². The van der Waals surface area contributed by atoms with Crippen molar-refractivity contribution >= 4 is 17.2 Å². The van der Waals surface area contributed by atoms with E-state index in [1.807, 2.05) is 11.7 Å². The monoisotopic (exact) mass is 167 g/mol. The standard InChI is InChI=1S/C7H9N3S/c1-5-2-9-7(10-5)6-3-8-4-11-6/h3-5H,2H2,1H3,(H,9,10). The molecular formula is C7H9N3S. The molecule has 4 heteroatoms. The Hall–Kier alpha value is -0.900. The molecule has 1 atom stereocenters. The number of aromatic nitrogens is 1. The van der Waals surface area contributed by atoms with E-state index in [-0.39, 0.29) is 0 Å². The molecule has 11 heavy (non-hydrogen) atoms. The van der Waals surface area contributed by atoms with E-state index in [4.69, 9.17) is 0 Å². The highest BCUT2D eigenvalue weighted by Gasteiger charge is 2.14. The lowest BCUT2D eigenvalue weighted by atomic mass is 10.4. The van der Waals surface area contributed by atoms with Gasteiger partial charge in [0.15, 0.2) is 0 Å². The van der Waals surface area contributed by atoms with Crippen molar-refractivity contribution in [3.8, 4) is 0 Å². The number of hydrogen-bond donors (Lipinski definition) is 1. The Balaban J connectivity index is 2.19. The molecule has 1 unspecified atom stereocenters. The topological polar surface area (TPSA) is 37.3 Å². The molecule has 1 aliphatic rings. The quantitative estimate of drug-likeness (QED) is 0.674. The first-order chi connectivity index (χ1) is 5.36. The van der Waals surface area contributed by atoms with Gasteiger partial charge in [-0.15, -0.1) is 11.3 Å². The molecule has 0 aliphatic carbocycles. The maximum Gasteiger partial charge on any atom is 0.140 e. The molecule has 0 radical (unpaired) electrons. The summed E-state index contributed by atoms with van der Waals surface area (Å²) in [6, 6.07) is 0.479. The Labute approximate surface area is 69.2 Å². The van der Waals surface area contributed by atoms with Crippen LogP contribution in [0.1, 0.15) is 11.8 Å². The number of thiazole rings is 1. The van der Waals surface area contributed by atoms with Crippen molar-refractivity contribution in [1.29, 1.82) is 0 Å². The first-order valence-electron chi connectivity index (χ1n) is 3.56. The van der Waals surface area contributed by atoms with Gasteiger partial charge < -0.3 is 5.32 Å². The number of nitrogens with zero attached hydrogens (tertiary/aromatic N) is 2. The fourth-order valence-electron chi connectivity index (χ4n) is 1.03. The molecule has 0 fully saturated rings. The zero-order valence-corrected chi connectivity index (χ0v) is 7.06. The van der Waals surface area contributed by atoms with Crippen molar-refractivity contribution in [2.75, 3.05) is 6.54 Å². The van der Waals surface area contributed by atoms with E-state index < -0.39 is 0 Å². The SMILES string of the molecule is CC1CN=C(c2cncs2)N1. The van der Waals surface area contributed by atoms with Crippen molar-refractivity contribution in [1.82, 2.24) is 10.3 Å². The summed E-state index contributed by atoms with van der Waals surface area (Å²) in [5.74, 6) is 1.00. The molecule has 3 nitrogen and oxygen atoms in total. The van der Waals surface area contributed by atoms with Gasteiger partial charge in [0.25, 0.3) is 0 Å². The maximum absolute atomic E-state index is 4.34. The number of rotatable bonds is 1. The van der Waals surface area contributed by atoms with E-state index in [0.29, 0.717) is 6.04 Å². The summed E-state index contributed by atoms with van der Waals surface area (Å²) >= 11 is 1.62. The van der Waals surface area contributed by atoms with Gasteiger partial charge in [0.1, 0.15) is 5.84 Å². The third kappa shape index (κ3) is 1.26. The second-order valence-electron chi connectivity index (χ2n) is 2.60. The molecule has 0 saturated heterocycles. The van der Waals surface area contributed by atoms with Crippen molar-refractivity contribution in [3.63, 3.8) is 0 Å². The summed E-state index contributed by atoms with van der Waals surface area (Å²) in [5.41, 5.74) is 1.82. The third-order valence-electron chi connectivity index (χ3n) is 1.57. The van der Waals surface area contributed by atoms with Gasteiger partial charge >= 0.3 is 0 Å². The van der Waals surface area contributed by atoms with Gasteiger partial charge in [-0.25, -0.2) is 0 Å². The van der Waals surface area contributed by atoms with Crippen LogP contribution in [0.4, 0.5) is 0 Å². The molecule has 1 aromatic heterocycles. The van der Waals surface area contributed by atoms with Crippen LogP contribution >= 0.6 is 11.3 Å². The van der Waals surface area contributed by atoms with Gasteiger partial charge in [-0.2, -0.15) is 0 Å². The average Bonchev–Trinajstić information content (AvgIpc) is 2.55. The molecular weight excluding hydrogens is 158 g/mol. The smallest absolute Gasteiger partial charge is 0.140 e. The van der Waals surface area contributed by atoms with Gasteiger partial charge in [0.2, 0.25) is 0 Å². The molecule has 2 heterocycles. The average molecular weight is 167 g/mol. The van der Waals surface area contributed by atoms with Gasteiger partial charge in [0.05, 0.1) is 16.9 Å². The number of aliphatic imine (C=N–C) groups is 1. The van der Waals surface area contributed by atoms with Crippen molar-refractivity contribution < 1.29 is 0 Å². The lowest BCUT2D eigenvalue weighted by Gasteiger charge is -2.01. The Morgan fingerprint density at radius 2 is 2.64 bits per heavy atom. The Morgan fingerprint density at radius 3 is 3.18 bits per heavy atom. The summed E-state index contributed by atoms with van der Waals surface area (Å²) in [6.07, 6.45) is 1.84. The van der Waals surface area contributed by atoms with Crippen LogP contribution in [0.25, 0.3) is 0 Å². The number of amidine groups is 1. The van der Waals surface area contributed by atoms with Crippen LogP contribution in [0.3, 0.4) is 0 Å². The zero-order valence-electron chi connectivity index (χ0n) is 6.24. The fourth-order valence-corrected chi connectivity index (χ4v) is 1.63. The minimum absolute atomic E-state index is 0.479. The van der Waals surface area contributed by atoms with Crippen LogP contribution in [0.2, 0.25) is 0 Å².